The van der Waals surface area contributed by atoms with Crippen LogP contribution in [0.3, 0.4) is 0 Å². The second kappa shape index (κ2) is 8.17. The van der Waals surface area contributed by atoms with Crippen LogP contribution in [0.1, 0.15) is 20.3 Å². The van der Waals surface area contributed by atoms with Gasteiger partial charge in [0.05, 0.1) is 32.1 Å². The zero-order valence-electron chi connectivity index (χ0n) is 14.3. The summed E-state index contributed by atoms with van der Waals surface area (Å²) in [4.78, 5) is 14.5. The van der Waals surface area contributed by atoms with Gasteiger partial charge in [-0.15, -0.1) is 0 Å². The van der Waals surface area contributed by atoms with E-state index in [0.717, 1.165) is 19.6 Å². The second-order valence-corrected chi connectivity index (χ2v) is 5.88. The van der Waals surface area contributed by atoms with E-state index >= 15 is 0 Å². The predicted octanol–water partition coefficient (Wildman–Crippen LogP) is 2.14. The van der Waals surface area contributed by atoms with Crippen molar-refractivity contribution in [2.24, 2.45) is 0 Å². The molecular formula is C17H26N2O4. The number of amides is 1. The maximum Gasteiger partial charge on any atom is 0.225 e. The topological polar surface area (TPSA) is 60.0 Å². The summed E-state index contributed by atoms with van der Waals surface area (Å²) in [6.07, 6.45) is 0.848. The Bertz CT molecular complexity index is 525. The van der Waals surface area contributed by atoms with E-state index < -0.39 is 0 Å². The second-order valence-electron chi connectivity index (χ2n) is 5.88. The molecule has 1 amide bonds. The zero-order chi connectivity index (χ0) is 16.8. The molecule has 0 aliphatic carbocycles. The lowest BCUT2D eigenvalue weighted by atomic mass is 10.2. The fourth-order valence-electron chi connectivity index (χ4n) is 2.85. The Hall–Kier alpha value is -1.79. The van der Waals surface area contributed by atoms with Crippen LogP contribution in [0.15, 0.2) is 18.2 Å². The van der Waals surface area contributed by atoms with Gasteiger partial charge in [-0.05, 0) is 26.0 Å². The lowest BCUT2D eigenvalue weighted by Gasteiger charge is -2.35. The molecule has 0 spiro atoms. The zero-order valence-corrected chi connectivity index (χ0v) is 14.3. The van der Waals surface area contributed by atoms with Gasteiger partial charge in [-0.3, -0.25) is 9.69 Å². The Morgan fingerprint density at radius 3 is 2.57 bits per heavy atom. The lowest BCUT2D eigenvalue weighted by molar-refractivity contribution is -0.117. The largest absolute Gasteiger partial charge is 0.497 e. The third-order valence-electron chi connectivity index (χ3n) is 3.83. The maximum absolute atomic E-state index is 12.2. The van der Waals surface area contributed by atoms with Gasteiger partial charge in [-0.25, -0.2) is 0 Å². The molecule has 2 atom stereocenters. The summed E-state index contributed by atoms with van der Waals surface area (Å²) in [5.74, 6) is 1.26. The summed E-state index contributed by atoms with van der Waals surface area (Å²) >= 11 is 0. The third kappa shape index (κ3) is 5.11. The summed E-state index contributed by atoms with van der Waals surface area (Å²) < 4.78 is 16.2. The van der Waals surface area contributed by atoms with Gasteiger partial charge in [0.2, 0.25) is 5.91 Å². The van der Waals surface area contributed by atoms with Crippen LogP contribution in [0.25, 0.3) is 0 Å². The molecule has 2 rings (SSSR count). The van der Waals surface area contributed by atoms with Crippen molar-refractivity contribution in [3.63, 3.8) is 0 Å². The van der Waals surface area contributed by atoms with E-state index in [2.05, 4.69) is 24.1 Å². The van der Waals surface area contributed by atoms with Gasteiger partial charge in [0.25, 0.3) is 0 Å². The van der Waals surface area contributed by atoms with Crippen molar-refractivity contribution in [3.8, 4) is 11.5 Å². The van der Waals surface area contributed by atoms with Gasteiger partial charge in [0.1, 0.15) is 11.5 Å². The van der Waals surface area contributed by atoms with Crippen molar-refractivity contribution in [1.29, 1.82) is 0 Å². The summed E-state index contributed by atoms with van der Waals surface area (Å²) in [6.45, 7) is 6.56. The molecule has 1 aliphatic rings. The first kappa shape index (κ1) is 17.6. The molecule has 0 saturated carbocycles. The van der Waals surface area contributed by atoms with Gasteiger partial charge < -0.3 is 19.5 Å². The number of carbonyl (C=O) groups excluding carboxylic acids is 1. The monoisotopic (exact) mass is 322 g/mol. The number of hydrogen-bond donors (Lipinski definition) is 1. The van der Waals surface area contributed by atoms with Crippen LogP contribution in [0, 0.1) is 0 Å². The normalized spacial score (nSPS) is 21.7. The number of anilines is 1. The van der Waals surface area contributed by atoms with Crippen LogP contribution in [-0.4, -0.2) is 56.9 Å². The van der Waals surface area contributed by atoms with Crippen molar-refractivity contribution < 1.29 is 19.0 Å². The highest BCUT2D eigenvalue weighted by Crippen LogP contribution is 2.28. The predicted molar refractivity (Wildman–Crippen MR) is 89.2 cm³/mol. The number of rotatable bonds is 6. The molecule has 23 heavy (non-hydrogen) atoms. The fraction of sp³-hybridized carbons (Fsp3) is 0.588. The number of nitrogens with zero attached hydrogens (tertiary/aromatic N) is 1. The Labute approximate surface area is 137 Å². The molecule has 1 fully saturated rings. The number of carbonyl (C=O) groups is 1. The van der Waals surface area contributed by atoms with Crippen LogP contribution >= 0.6 is 0 Å². The van der Waals surface area contributed by atoms with Crippen molar-refractivity contribution in [2.75, 3.05) is 39.2 Å². The highest BCUT2D eigenvalue weighted by Gasteiger charge is 2.22. The van der Waals surface area contributed by atoms with E-state index in [1.165, 1.54) is 0 Å². The Morgan fingerprint density at radius 2 is 1.96 bits per heavy atom. The first-order valence-corrected chi connectivity index (χ1v) is 7.91. The third-order valence-corrected chi connectivity index (χ3v) is 3.83. The molecule has 6 heteroatoms. The van der Waals surface area contributed by atoms with Crippen LogP contribution in [0.5, 0.6) is 11.5 Å². The van der Waals surface area contributed by atoms with Crippen LogP contribution in [-0.2, 0) is 9.53 Å². The van der Waals surface area contributed by atoms with Crippen LogP contribution in [0.2, 0.25) is 0 Å². The molecule has 0 radical (unpaired) electrons. The van der Waals surface area contributed by atoms with Crippen molar-refractivity contribution in [1.82, 2.24) is 4.90 Å². The summed E-state index contributed by atoms with van der Waals surface area (Å²) in [5.41, 5.74) is 0.626. The molecular weight excluding hydrogens is 296 g/mol. The molecule has 0 unspecified atom stereocenters. The number of morpholine rings is 1. The van der Waals surface area contributed by atoms with E-state index in [1.807, 2.05) is 0 Å². The first-order chi connectivity index (χ1) is 11.0. The number of benzene rings is 1. The quantitative estimate of drug-likeness (QED) is 0.869. The van der Waals surface area contributed by atoms with Crippen molar-refractivity contribution in [2.45, 2.75) is 32.5 Å². The first-order valence-electron chi connectivity index (χ1n) is 7.91. The average molecular weight is 322 g/mol. The molecule has 1 aliphatic heterocycles. The van der Waals surface area contributed by atoms with E-state index in [9.17, 15) is 4.79 Å². The number of methoxy groups -OCH3 is 2. The minimum Gasteiger partial charge on any atom is -0.497 e. The van der Waals surface area contributed by atoms with Crippen molar-refractivity contribution in [3.05, 3.63) is 18.2 Å². The molecule has 0 aromatic heterocycles. The highest BCUT2D eigenvalue weighted by atomic mass is 16.5. The minimum absolute atomic E-state index is 0.0386. The molecule has 0 bridgehead atoms. The van der Waals surface area contributed by atoms with Crippen LogP contribution < -0.4 is 14.8 Å². The standard InChI is InChI=1S/C17H26N2O4/c1-12-10-19(11-13(2)23-12)8-7-17(20)18-15-9-14(21-3)5-6-16(15)22-4/h5-6,9,12-13H,7-8,10-11H2,1-4H3,(H,18,20)/t12-,13-/m0/s1. The van der Waals surface area contributed by atoms with Gasteiger partial charge in [0.15, 0.2) is 0 Å². The van der Waals surface area contributed by atoms with E-state index in [0.29, 0.717) is 23.6 Å². The Balaban J connectivity index is 1.89. The maximum atomic E-state index is 12.2. The van der Waals surface area contributed by atoms with E-state index in [-0.39, 0.29) is 18.1 Å². The highest BCUT2D eigenvalue weighted by molar-refractivity contribution is 5.92. The SMILES string of the molecule is COc1ccc(OC)c(NC(=O)CCN2C[C@H](C)O[C@@H](C)C2)c1. The molecule has 1 saturated heterocycles. The number of ether oxygens (including phenoxy) is 3. The van der Waals surface area contributed by atoms with Gasteiger partial charge in [-0.2, -0.15) is 0 Å². The lowest BCUT2D eigenvalue weighted by Crippen LogP contribution is -2.46. The number of hydrogen-bond acceptors (Lipinski definition) is 5. The summed E-state index contributed by atoms with van der Waals surface area (Å²) in [6, 6.07) is 5.33. The summed E-state index contributed by atoms with van der Waals surface area (Å²) in [5, 5.41) is 2.90. The van der Waals surface area contributed by atoms with E-state index in [1.54, 1.807) is 32.4 Å². The Morgan fingerprint density at radius 1 is 1.26 bits per heavy atom. The van der Waals surface area contributed by atoms with Gasteiger partial charge in [-0.1, -0.05) is 0 Å². The Kier molecular flexibility index (Phi) is 6.24. The van der Waals surface area contributed by atoms with Crippen LogP contribution in [0.4, 0.5) is 5.69 Å². The summed E-state index contributed by atoms with van der Waals surface area (Å²) in [7, 11) is 3.17. The smallest absolute Gasteiger partial charge is 0.225 e. The molecule has 1 aromatic carbocycles. The van der Waals surface area contributed by atoms with Gasteiger partial charge in [0, 0.05) is 32.1 Å². The minimum atomic E-state index is -0.0386. The molecule has 128 valence electrons. The fourth-order valence-corrected chi connectivity index (χ4v) is 2.85. The molecule has 1 heterocycles. The molecule has 6 nitrogen and oxygen atoms in total. The molecule has 1 aromatic rings. The average Bonchev–Trinajstić information content (AvgIpc) is 2.52. The van der Waals surface area contributed by atoms with Gasteiger partial charge >= 0.3 is 0 Å². The molecule has 1 N–H and O–H groups in total. The van der Waals surface area contributed by atoms with E-state index in [4.69, 9.17) is 14.2 Å². The number of nitrogens with one attached hydrogen (secondary N) is 1. The van der Waals surface area contributed by atoms with Crippen molar-refractivity contribution >= 4 is 11.6 Å².